The second-order valence-corrected chi connectivity index (χ2v) is 5.52. The van der Waals surface area contributed by atoms with E-state index in [4.69, 9.17) is 0 Å². The van der Waals surface area contributed by atoms with Crippen LogP contribution in [0.3, 0.4) is 0 Å². The number of fused-ring (bicyclic) bond motifs is 1. The van der Waals surface area contributed by atoms with Gasteiger partial charge in [-0.15, -0.1) is 0 Å². The summed E-state index contributed by atoms with van der Waals surface area (Å²) in [4.78, 5) is 15.3. The van der Waals surface area contributed by atoms with Gasteiger partial charge in [0.2, 0.25) is 0 Å². The van der Waals surface area contributed by atoms with Crippen molar-refractivity contribution in [1.29, 1.82) is 0 Å². The Morgan fingerprint density at radius 2 is 1.79 bits per heavy atom. The quantitative estimate of drug-likeness (QED) is 0.579. The van der Waals surface area contributed by atoms with Crippen molar-refractivity contribution >= 4 is 16.9 Å². The van der Waals surface area contributed by atoms with E-state index in [1.807, 2.05) is 43.4 Å². The molecule has 24 heavy (non-hydrogen) atoms. The van der Waals surface area contributed by atoms with Crippen molar-refractivity contribution < 1.29 is 0 Å². The summed E-state index contributed by atoms with van der Waals surface area (Å²) in [7, 11) is 2.02. The van der Waals surface area contributed by atoms with Crippen molar-refractivity contribution in [3.05, 3.63) is 72.8 Å². The van der Waals surface area contributed by atoms with Crippen molar-refractivity contribution in [1.82, 2.24) is 24.7 Å². The molecule has 6 heteroatoms. The average Bonchev–Trinajstić information content (AvgIpc) is 3.07. The highest BCUT2D eigenvalue weighted by molar-refractivity contribution is 5.87. The van der Waals surface area contributed by atoms with Gasteiger partial charge in [-0.2, -0.15) is 9.78 Å². The second-order valence-electron chi connectivity index (χ2n) is 5.52. The Bertz CT molecular complexity index is 949. The topological polar surface area (TPSA) is 59.7 Å². The summed E-state index contributed by atoms with van der Waals surface area (Å²) in [6.45, 7) is 0.766. The zero-order chi connectivity index (χ0) is 16.4. The minimum Gasteiger partial charge on any atom is -0.355 e. The largest absolute Gasteiger partial charge is 0.355 e. The molecule has 0 unspecified atom stereocenters. The van der Waals surface area contributed by atoms with Gasteiger partial charge in [0.15, 0.2) is 11.5 Å². The number of nitrogens with zero attached hydrogens (tertiary/aromatic N) is 6. The first-order valence-corrected chi connectivity index (χ1v) is 7.68. The molecule has 0 aliphatic carbocycles. The summed E-state index contributed by atoms with van der Waals surface area (Å²) in [6.07, 6.45) is 5.10. The van der Waals surface area contributed by atoms with Gasteiger partial charge in [0.1, 0.15) is 12.1 Å². The van der Waals surface area contributed by atoms with Crippen LogP contribution in [0.15, 0.2) is 67.3 Å². The van der Waals surface area contributed by atoms with E-state index in [0.29, 0.717) is 0 Å². The van der Waals surface area contributed by atoms with E-state index in [1.54, 1.807) is 23.4 Å². The van der Waals surface area contributed by atoms with Crippen LogP contribution in [-0.4, -0.2) is 31.8 Å². The lowest BCUT2D eigenvalue weighted by Crippen LogP contribution is -2.18. The standard InChI is InChI=1S/C18H16N6/c1-23(12-14-7-3-2-4-8-14)17-15-11-22-24(18(15)21-13-20-17)16-9-5-6-10-19-16/h2-11,13H,12H2,1H3. The summed E-state index contributed by atoms with van der Waals surface area (Å²) in [5.41, 5.74) is 1.97. The molecular formula is C18H16N6. The third-order valence-corrected chi connectivity index (χ3v) is 3.84. The van der Waals surface area contributed by atoms with Gasteiger partial charge in [0, 0.05) is 19.8 Å². The summed E-state index contributed by atoms with van der Waals surface area (Å²) in [5.74, 6) is 1.59. The average molecular weight is 316 g/mol. The highest BCUT2D eigenvalue weighted by Crippen LogP contribution is 2.24. The van der Waals surface area contributed by atoms with Crippen molar-refractivity contribution in [3.8, 4) is 5.82 Å². The van der Waals surface area contributed by atoms with Crippen LogP contribution in [0.1, 0.15) is 5.56 Å². The molecule has 0 saturated heterocycles. The maximum Gasteiger partial charge on any atom is 0.170 e. The van der Waals surface area contributed by atoms with Crippen LogP contribution in [0, 0.1) is 0 Å². The van der Waals surface area contributed by atoms with Crippen molar-refractivity contribution in [2.45, 2.75) is 6.54 Å². The molecule has 6 nitrogen and oxygen atoms in total. The second kappa shape index (κ2) is 6.08. The van der Waals surface area contributed by atoms with Crippen molar-refractivity contribution in [2.24, 2.45) is 0 Å². The smallest absolute Gasteiger partial charge is 0.170 e. The molecule has 0 saturated carbocycles. The fourth-order valence-corrected chi connectivity index (χ4v) is 2.71. The molecule has 0 N–H and O–H groups in total. The number of hydrogen-bond acceptors (Lipinski definition) is 5. The van der Waals surface area contributed by atoms with Crippen molar-refractivity contribution in [3.63, 3.8) is 0 Å². The highest BCUT2D eigenvalue weighted by atomic mass is 15.3. The van der Waals surface area contributed by atoms with Crippen LogP contribution in [0.5, 0.6) is 0 Å². The van der Waals surface area contributed by atoms with Gasteiger partial charge in [-0.25, -0.2) is 15.0 Å². The molecule has 0 atom stereocenters. The van der Waals surface area contributed by atoms with E-state index >= 15 is 0 Å². The summed E-state index contributed by atoms with van der Waals surface area (Å²) in [6, 6.07) is 16.0. The Morgan fingerprint density at radius 3 is 2.58 bits per heavy atom. The normalized spacial score (nSPS) is 10.9. The van der Waals surface area contributed by atoms with E-state index in [9.17, 15) is 0 Å². The van der Waals surface area contributed by atoms with Crippen LogP contribution in [0.4, 0.5) is 5.82 Å². The summed E-state index contributed by atoms with van der Waals surface area (Å²) >= 11 is 0. The van der Waals surface area contributed by atoms with E-state index in [-0.39, 0.29) is 0 Å². The molecule has 118 valence electrons. The van der Waals surface area contributed by atoms with E-state index < -0.39 is 0 Å². The van der Waals surface area contributed by atoms with Gasteiger partial charge in [-0.1, -0.05) is 36.4 Å². The SMILES string of the molecule is CN(Cc1ccccc1)c1ncnc2c1cnn2-c1ccccn1. The zero-order valence-electron chi connectivity index (χ0n) is 13.2. The summed E-state index contributed by atoms with van der Waals surface area (Å²) in [5, 5.41) is 5.34. The fourth-order valence-electron chi connectivity index (χ4n) is 2.71. The first-order valence-electron chi connectivity index (χ1n) is 7.68. The van der Waals surface area contributed by atoms with Crippen LogP contribution in [0.25, 0.3) is 16.9 Å². The molecular weight excluding hydrogens is 300 g/mol. The Hall–Kier alpha value is -3.28. The molecule has 0 aliphatic rings. The van der Waals surface area contributed by atoms with E-state index in [1.165, 1.54) is 5.56 Å². The van der Waals surface area contributed by atoms with Gasteiger partial charge in [0.25, 0.3) is 0 Å². The molecule has 4 rings (SSSR count). The Kier molecular flexibility index (Phi) is 3.63. The maximum atomic E-state index is 4.45. The Labute approximate surface area is 139 Å². The first-order chi connectivity index (χ1) is 11.8. The van der Waals surface area contributed by atoms with Crippen LogP contribution in [0.2, 0.25) is 0 Å². The molecule has 0 amide bonds. The fraction of sp³-hybridized carbons (Fsp3) is 0.111. The monoisotopic (exact) mass is 316 g/mol. The third kappa shape index (κ3) is 2.58. The first kappa shape index (κ1) is 14.3. The number of anilines is 1. The number of benzene rings is 1. The van der Waals surface area contributed by atoms with Gasteiger partial charge in [-0.3, -0.25) is 0 Å². The maximum absolute atomic E-state index is 4.45. The molecule has 4 aromatic rings. The van der Waals surface area contributed by atoms with Gasteiger partial charge >= 0.3 is 0 Å². The Morgan fingerprint density at radius 1 is 0.958 bits per heavy atom. The van der Waals surface area contributed by atoms with Crippen LogP contribution >= 0.6 is 0 Å². The lowest BCUT2D eigenvalue weighted by molar-refractivity contribution is 0.859. The predicted molar refractivity (Wildman–Crippen MR) is 93.0 cm³/mol. The van der Waals surface area contributed by atoms with E-state index in [0.717, 1.165) is 29.2 Å². The molecule has 3 heterocycles. The number of rotatable bonds is 4. The number of pyridine rings is 1. The number of aromatic nitrogens is 5. The minimum absolute atomic E-state index is 0.739. The van der Waals surface area contributed by atoms with Crippen LogP contribution in [-0.2, 0) is 6.54 Å². The lowest BCUT2D eigenvalue weighted by atomic mass is 10.2. The minimum atomic E-state index is 0.739. The third-order valence-electron chi connectivity index (χ3n) is 3.84. The predicted octanol–water partition coefficient (Wildman–Crippen LogP) is 2.85. The van der Waals surface area contributed by atoms with Gasteiger partial charge < -0.3 is 4.90 Å². The molecule has 0 bridgehead atoms. The molecule has 0 radical (unpaired) electrons. The van der Waals surface area contributed by atoms with Crippen molar-refractivity contribution in [2.75, 3.05) is 11.9 Å². The number of hydrogen-bond donors (Lipinski definition) is 0. The molecule has 0 aliphatic heterocycles. The molecule has 1 aromatic carbocycles. The van der Waals surface area contributed by atoms with Gasteiger partial charge in [0.05, 0.1) is 11.6 Å². The Balaban J connectivity index is 1.73. The molecule has 0 fully saturated rings. The molecule has 3 aromatic heterocycles. The molecule has 0 spiro atoms. The zero-order valence-corrected chi connectivity index (χ0v) is 13.2. The highest BCUT2D eigenvalue weighted by Gasteiger charge is 2.14. The van der Waals surface area contributed by atoms with Crippen LogP contribution < -0.4 is 4.90 Å². The lowest BCUT2D eigenvalue weighted by Gasteiger charge is -2.18. The van der Waals surface area contributed by atoms with E-state index in [2.05, 4.69) is 37.1 Å². The summed E-state index contributed by atoms with van der Waals surface area (Å²) < 4.78 is 1.73. The van der Waals surface area contributed by atoms with Gasteiger partial charge in [-0.05, 0) is 17.7 Å².